The summed E-state index contributed by atoms with van der Waals surface area (Å²) in [5.74, 6) is -1.42. The van der Waals surface area contributed by atoms with E-state index in [-0.39, 0.29) is 28.5 Å². The Balaban J connectivity index is 2.29. The second-order valence-corrected chi connectivity index (χ2v) is 3.68. The summed E-state index contributed by atoms with van der Waals surface area (Å²) in [4.78, 5) is 0. The van der Waals surface area contributed by atoms with Crippen molar-refractivity contribution in [1.29, 1.82) is 0 Å². The van der Waals surface area contributed by atoms with Crippen LogP contribution >= 0.6 is 23.2 Å². The predicted molar refractivity (Wildman–Crippen MR) is 58.5 cm³/mol. The van der Waals surface area contributed by atoms with Gasteiger partial charge in [0.15, 0.2) is 5.82 Å². The Bertz CT molecular complexity index is 524. The number of hydrogen-bond donors (Lipinski definition) is 1. The van der Waals surface area contributed by atoms with E-state index in [9.17, 15) is 8.78 Å². The molecule has 90 valence electrons. The van der Waals surface area contributed by atoms with Crippen LogP contribution < -0.4 is 5.32 Å². The van der Waals surface area contributed by atoms with Crippen molar-refractivity contribution in [1.82, 2.24) is 10.2 Å². The molecule has 0 saturated carbocycles. The SMILES string of the molecule is Fc1cc(F)c(Nc2nnc(CCl)o2)c(Cl)c1. The molecular formula is C9H5Cl2F2N3O. The van der Waals surface area contributed by atoms with Crippen molar-refractivity contribution in [3.05, 3.63) is 34.7 Å². The van der Waals surface area contributed by atoms with Crippen LogP contribution in [0.25, 0.3) is 0 Å². The van der Waals surface area contributed by atoms with Crippen molar-refractivity contribution < 1.29 is 13.2 Å². The van der Waals surface area contributed by atoms with Crippen LogP contribution in [0.15, 0.2) is 16.5 Å². The van der Waals surface area contributed by atoms with Gasteiger partial charge in [-0.1, -0.05) is 16.7 Å². The fourth-order valence-corrected chi connectivity index (χ4v) is 1.48. The van der Waals surface area contributed by atoms with Gasteiger partial charge in [-0.2, -0.15) is 0 Å². The minimum atomic E-state index is -0.861. The van der Waals surface area contributed by atoms with Gasteiger partial charge in [-0.25, -0.2) is 8.78 Å². The lowest BCUT2D eigenvalue weighted by atomic mass is 10.3. The highest BCUT2D eigenvalue weighted by molar-refractivity contribution is 6.33. The highest BCUT2D eigenvalue weighted by atomic mass is 35.5. The molecule has 0 saturated heterocycles. The fraction of sp³-hybridized carbons (Fsp3) is 0.111. The Morgan fingerprint density at radius 1 is 1.29 bits per heavy atom. The molecule has 0 bridgehead atoms. The summed E-state index contributed by atoms with van der Waals surface area (Å²) in [6, 6.07) is 1.58. The van der Waals surface area contributed by atoms with E-state index in [4.69, 9.17) is 27.6 Å². The minimum Gasteiger partial charge on any atom is -0.407 e. The van der Waals surface area contributed by atoms with Gasteiger partial charge in [0.1, 0.15) is 11.7 Å². The van der Waals surface area contributed by atoms with Gasteiger partial charge in [-0.05, 0) is 6.07 Å². The number of benzene rings is 1. The van der Waals surface area contributed by atoms with Crippen LogP contribution in [0.1, 0.15) is 5.89 Å². The summed E-state index contributed by atoms with van der Waals surface area (Å²) in [6.07, 6.45) is 0. The van der Waals surface area contributed by atoms with Crippen LogP contribution in [0.4, 0.5) is 20.5 Å². The second-order valence-electron chi connectivity index (χ2n) is 3.00. The molecule has 2 rings (SSSR count). The molecule has 8 heteroatoms. The zero-order valence-corrected chi connectivity index (χ0v) is 9.69. The second kappa shape index (κ2) is 4.85. The Morgan fingerprint density at radius 2 is 2.06 bits per heavy atom. The lowest BCUT2D eigenvalue weighted by Gasteiger charge is -2.05. The average molecular weight is 280 g/mol. The van der Waals surface area contributed by atoms with Crippen molar-refractivity contribution in [3.8, 4) is 0 Å². The van der Waals surface area contributed by atoms with E-state index in [1.54, 1.807) is 0 Å². The van der Waals surface area contributed by atoms with Crippen LogP contribution in [-0.4, -0.2) is 10.2 Å². The Hall–Kier alpha value is -1.40. The quantitative estimate of drug-likeness (QED) is 0.874. The summed E-state index contributed by atoms with van der Waals surface area (Å²) >= 11 is 11.1. The molecular weight excluding hydrogens is 275 g/mol. The van der Waals surface area contributed by atoms with Crippen LogP contribution in [0, 0.1) is 11.6 Å². The number of nitrogens with one attached hydrogen (secondary N) is 1. The van der Waals surface area contributed by atoms with E-state index < -0.39 is 11.6 Å². The molecule has 0 aliphatic rings. The van der Waals surface area contributed by atoms with Crippen LogP contribution in [0.2, 0.25) is 5.02 Å². The van der Waals surface area contributed by atoms with Gasteiger partial charge < -0.3 is 9.73 Å². The number of nitrogens with zero attached hydrogens (tertiary/aromatic N) is 2. The van der Waals surface area contributed by atoms with Gasteiger partial charge in [-0.15, -0.1) is 16.7 Å². The molecule has 0 unspecified atom stereocenters. The number of rotatable bonds is 3. The van der Waals surface area contributed by atoms with Crippen molar-refractivity contribution in [3.63, 3.8) is 0 Å². The van der Waals surface area contributed by atoms with Crippen molar-refractivity contribution in [2.75, 3.05) is 5.32 Å². The molecule has 17 heavy (non-hydrogen) atoms. The van der Waals surface area contributed by atoms with Gasteiger partial charge in [0.05, 0.1) is 10.7 Å². The molecule has 0 fully saturated rings. The smallest absolute Gasteiger partial charge is 0.320 e. The summed E-state index contributed by atoms with van der Waals surface area (Å²) in [5.41, 5.74) is -0.141. The first-order valence-electron chi connectivity index (χ1n) is 4.40. The molecule has 1 heterocycles. The van der Waals surface area contributed by atoms with Crippen LogP contribution in [-0.2, 0) is 5.88 Å². The summed E-state index contributed by atoms with van der Waals surface area (Å²) in [6.45, 7) is 0. The summed E-state index contributed by atoms with van der Waals surface area (Å²) < 4.78 is 31.2. The summed E-state index contributed by atoms with van der Waals surface area (Å²) in [7, 11) is 0. The van der Waals surface area contributed by atoms with E-state index in [2.05, 4.69) is 15.5 Å². The van der Waals surface area contributed by atoms with Gasteiger partial charge in [0.25, 0.3) is 0 Å². The highest BCUT2D eigenvalue weighted by Crippen LogP contribution is 2.28. The summed E-state index contributed by atoms with van der Waals surface area (Å²) in [5, 5.41) is 9.43. The monoisotopic (exact) mass is 279 g/mol. The third-order valence-corrected chi connectivity index (χ3v) is 2.35. The van der Waals surface area contributed by atoms with E-state index in [1.165, 1.54) is 0 Å². The fourth-order valence-electron chi connectivity index (χ4n) is 1.13. The van der Waals surface area contributed by atoms with E-state index in [1.807, 2.05) is 0 Å². The Morgan fingerprint density at radius 3 is 2.65 bits per heavy atom. The van der Waals surface area contributed by atoms with Gasteiger partial charge in [-0.3, -0.25) is 0 Å². The first-order chi connectivity index (χ1) is 8.10. The molecule has 0 spiro atoms. The largest absolute Gasteiger partial charge is 0.407 e. The Labute approximate surface area is 105 Å². The van der Waals surface area contributed by atoms with Crippen LogP contribution in [0.5, 0.6) is 0 Å². The molecule has 0 aliphatic heterocycles. The molecule has 0 atom stereocenters. The van der Waals surface area contributed by atoms with Crippen molar-refractivity contribution in [2.24, 2.45) is 0 Å². The average Bonchev–Trinajstić information content (AvgIpc) is 2.71. The lowest BCUT2D eigenvalue weighted by Crippen LogP contribution is -1.96. The number of aromatic nitrogens is 2. The minimum absolute atomic E-state index is 0.0360. The first-order valence-corrected chi connectivity index (χ1v) is 5.31. The van der Waals surface area contributed by atoms with Crippen molar-refractivity contribution in [2.45, 2.75) is 5.88 Å². The topological polar surface area (TPSA) is 51.0 Å². The molecule has 4 nitrogen and oxygen atoms in total. The zero-order valence-electron chi connectivity index (χ0n) is 8.18. The molecule has 0 radical (unpaired) electrons. The molecule has 1 aromatic heterocycles. The maximum atomic E-state index is 13.4. The van der Waals surface area contributed by atoms with Crippen molar-refractivity contribution >= 4 is 34.9 Å². The number of halogens is 4. The van der Waals surface area contributed by atoms with E-state index in [0.29, 0.717) is 6.07 Å². The number of alkyl halides is 1. The lowest BCUT2D eigenvalue weighted by molar-refractivity contribution is 0.528. The Kier molecular flexibility index (Phi) is 3.44. The molecule has 0 amide bonds. The van der Waals surface area contributed by atoms with Gasteiger partial charge >= 0.3 is 6.01 Å². The predicted octanol–water partition coefficient (Wildman–Crippen LogP) is 3.48. The van der Waals surface area contributed by atoms with Crippen LogP contribution in [0.3, 0.4) is 0 Å². The third kappa shape index (κ3) is 2.65. The number of hydrogen-bond acceptors (Lipinski definition) is 4. The number of anilines is 2. The maximum Gasteiger partial charge on any atom is 0.320 e. The maximum absolute atomic E-state index is 13.4. The normalized spacial score (nSPS) is 10.6. The molecule has 2 aromatic rings. The first kappa shape index (κ1) is 12.1. The molecule has 1 aromatic carbocycles. The molecule has 0 aliphatic carbocycles. The van der Waals surface area contributed by atoms with Gasteiger partial charge in [0, 0.05) is 6.07 Å². The van der Waals surface area contributed by atoms with E-state index >= 15 is 0 Å². The van der Waals surface area contributed by atoms with E-state index in [0.717, 1.165) is 6.07 Å². The van der Waals surface area contributed by atoms with Gasteiger partial charge in [0.2, 0.25) is 5.89 Å². The molecule has 1 N–H and O–H groups in total. The highest BCUT2D eigenvalue weighted by Gasteiger charge is 2.13. The third-order valence-electron chi connectivity index (χ3n) is 1.82. The zero-order chi connectivity index (χ0) is 12.4. The standard InChI is InChI=1S/C9H5Cl2F2N3O/c10-3-7-15-16-9(17-7)14-8-5(11)1-4(12)2-6(8)13/h1-2H,3H2,(H,14,16).